The number of hydrogen-bond acceptors (Lipinski definition) is 4. The molecule has 2 aromatic carbocycles. The second-order valence-electron chi connectivity index (χ2n) is 7.25. The van der Waals surface area contributed by atoms with Crippen LogP contribution in [0.5, 0.6) is 0 Å². The van der Waals surface area contributed by atoms with E-state index in [4.69, 9.17) is 0 Å². The largest absolute Gasteiger partial charge is 0.336 e. The fourth-order valence-electron chi connectivity index (χ4n) is 3.55. The van der Waals surface area contributed by atoms with E-state index in [1.807, 2.05) is 30.3 Å². The number of hydrogen-bond donors (Lipinski definition) is 1. The maximum Gasteiger partial charge on any atom is 0.261 e. The molecule has 0 radical (unpaired) electrons. The molecule has 4 rings (SSSR count). The second kappa shape index (κ2) is 8.64. The van der Waals surface area contributed by atoms with Crippen LogP contribution in [0.15, 0.2) is 70.4 Å². The summed E-state index contributed by atoms with van der Waals surface area (Å²) in [5.74, 6) is -2.57. The van der Waals surface area contributed by atoms with Crippen LogP contribution < -0.4 is 5.56 Å². The zero-order valence-corrected chi connectivity index (χ0v) is 17.6. The lowest BCUT2D eigenvalue weighted by Crippen LogP contribution is -2.51. The lowest BCUT2D eigenvalue weighted by Gasteiger charge is -2.34. The molecule has 2 heterocycles. The van der Waals surface area contributed by atoms with Gasteiger partial charge in [-0.2, -0.15) is 4.31 Å². The van der Waals surface area contributed by atoms with Gasteiger partial charge in [-0.3, -0.25) is 9.59 Å². The number of H-pyrrole nitrogens is 1. The number of nitrogens with zero attached hydrogens (tertiary/aromatic N) is 2. The van der Waals surface area contributed by atoms with Gasteiger partial charge in [0, 0.05) is 37.9 Å². The normalized spacial score (nSPS) is 15.0. The predicted octanol–water partition coefficient (Wildman–Crippen LogP) is 2.47. The monoisotopic (exact) mass is 459 g/mol. The van der Waals surface area contributed by atoms with Gasteiger partial charge in [0.1, 0.15) is 22.1 Å². The van der Waals surface area contributed by atoms with Gasteiger partial charge in [-0.25, -0.2) is 17.2 Å². The van der Waals surface area contributed by atoms with E-state index in [1.54, 1.807) is 6.07 Å². The van der Waals surface area contributed by atoms with Crippen molar-refractivity contribution in [2.45, 2.75) is 4.90 Å². The maximum atomic E-state index is 14.0. The van der Waals surface area contributed by atoms with Gasteiger partial charge in [0.2, 0.25) is 10.0 Å². The quantitative estimate of drug-likeness (QED) is 0.649. The van der Waals surface area contributed by atoms with Crippen molar-refractivity contribution in [1.82, 2.24) is 14.2 Å². The van der Waals surface area contributed by atoms with Crippen LogP contribution >= 0.6 is 0 Å². The molecule has 1 aromatic heterocycles. The molecule has 0 bridgehead atoms. The first-order valence-electron chi connectivity index (χ1n) is 9.80. The molecule has 1 saturated heterocycles. The number of rotatable bonds is 4. The smallest absolute Gasteiger partial charge is 0.261 e. The Morgan fingerprint density at radius 1 is 0.906 bits per heavy atom. The van der Waals surface area contributed by atoms with E-state index in [1.165, 1.54) is 11.0 Å². The predicted molar refractivity (Wildman–Crippen MR) is 114 cm³/mol. The number of sulfonamides is 1. The minimum Gasteiger partial charge on any atom is -0.336 e. The average Bonchev–Trinajstić information content (AvgIpc) is 2.79. The van der Waals surface area contributed by atoms with Gasteiger partial charge in [-0.05, 0) is 29.8 Å². The van der Waals surface area contributed by atoms with Crippen LogP contribution in [0.4, 0.5) is 8.78 Å². The van der Waals surface area contributed by atoms with Gasteiger partial charge in [0.15, 0.2) is 0 Å². The highest BCUT2D eigenvalue weighted by molar-refractivity contribution is 7.89. The number of aromatic nitrogens is 1. The second-order valence-corrected chi connectivity index (χ2v) is 9.16. The Balaban J connectivity index is 1.47. The van der Waals surface area contributed by atoms with Gasteiger partial charge in [0.25, 0.3) is 11.5 Å². The molecule has 10 heteroatoms. The molecule has 3 aromatic rings. The van der Waals surface area contributed by atoms with Crippen LogP contribution in [0.2, 0.25) is 0 Å². The summed E-state index contributed by atoms with van der Waals surface area (Å²) in [5.41, 5.74) is 0.783. The summed E-state index contributed by atoms with van der Waals surface area (Å²) >= 11 is 0. The molecule has 0 saturated carbocycles. The maximum absolute atomic E-state index is 14.0. The van der Waals surface area contributed by atoms with E-state index in [-0.39, 0.29) is 31.7 Å². The van der Waals surface area contributed by atoms with Crippen LogP contribution in [0, 0.1) is 11.6 Å². The topological polar surface area (TPSA) is 90.6 Å². The number of aromatic amines is 1. The Morgan fingerprint density at radius 3 is 2.22 bits per heavy atom. The fourth-order valence-corrected chi connectivity index (χ4v) is 5.02. The Bertz CT molecular complexity index is 1320. The minimum absolute atomic E-state index is 0.0285. The molecule has 32 heavy (non-hydrogen) atoms. The third-order valence-corrected chi connectivity index (χ3v) is 7.19. The van der Waals surface area contributed by atoms with Crippen molar-refractivity contribution in [3.63, 3.8) is 0 Å². The third-order valence-electron chi connectivity index (χ3n) is 5.26. The van der Waals surface area contributed by atoms with Gasteiger partial charge in [-0.15, -0.1) is 0 Å². The van der Waals surface area contributed by atoms with Crippen molar-refractivity contribution < 1.29 is 22.0 Å². The first-order chi connectivity index (χ1) is 15.3. The van der Waals surface area contributed by atoms with Crippen LogP contribution in [-0.4, -0.2) is 54.7 Å². The zero-order chi connectivity index (χ0) is 22.9. The summed E-state index contributed by atoms with van der Waals surface area (Å²) in [6.07, 6.45) is 0. The zero-order valence-electron chi connectivity index (χ0n) is 16.8. The highest BCUT2D eigenvalue weighted by atomic mass is 32.2. The summed E-state index contributed by atoms with van der Waals surface area (Å²) in [7, 11) is -4.18. The molecule has 166 valence electrons. The Labute approximate surface area is 183 Å². The van der Waals surface area contributed by atoms with Crippen LogP contribution in [0.1, 0.15) is 10.4 Å². The molecule has 0 spiro atoms. The summed E-state index contributed by atoms with van der Waals surface area (Å²) < 4.78 is 53.5. The number of carbonyl (C=O) groups is 1. The highest BCUT2D eigenvalue weighted by Gasteiger charge is 2.32. The summed E-state index contributed by atoms with van der Waals surface area (Å²) in [6.45, 7) is -0.0999. The SMILES string of the molecule is O=C(c1ccc(-c2ccccc2)[nH]c1=O)N1CCN(S(=O)(=O)c2ccc(F)cc2F)CC1. The highest BCUT2D eigenvalue weighted by Crippen LogP contribution is 2.22. The molecule has 1 N–H and O–H groups in total. The average molecular weight is 459 g/mol. The summed E-state index contributed by atoms with van der Waals surface area (Å²) in [6, 6.07) is 14.5. The first kappa shape index (κ1) is 21.8. The van der Waals surface area contributed by atoms with Crippen molar-refractivity contribution in [2.75, 3.05) is 26.2 Å². The van der Waals surface area contributed by atoms with Gasteiger partial charge in [-0.1, -0.05) is 30.3 Å². The molecule has 0 unspecified atom stereocenters. The molecule has 1 aliphatic heterocycles. The molecule has 7 nitrogen and oxygen atoms in total. The lowest BCUT2D eigenvalue weighted by atomic mass is 10.1. The number of nitrogens with one attached hydrogen (secondary N) is 1. The lowest BCUT2D eigenvalue weighted by molar-refractivity contribution is 0.0696. The number of benzene rings is 2. The standard InChI is InChI=1S/C22H19F2N3O4S/c23-16-6-9-20(18(24)14-16)32(30,31)27-12-10-26(11-13-27)22(29)17-7-8-19(25-21(17)28)15-4-2-1-3-5-15/h1-9,14H,10-13H2,(H,25,28). The van der Waals surface area contributed by atoms with E-state index in [2.05, 4.69) is 4.98 Å². The van der Waals surface area contributed by atoms with Gasteiger partial charge in [0.05, 0.1) is 0 Å². The number of amides is 1. The van der Waals surface area contributed by atoms with Crippen molar-refractivity contribution in [3.8, 4) is 11.3 Å². The van der Waals surface area contributed by atoms with E-state index in [9.17, 15) is 26.8 Å². The molecule has 1 fully saturated rings. The van der Waals surface area contributed by atoms with E-state index >= 15 is 0 Å². The van der Waals surface area contributed by atoms with Gasteiger partial charge >= 0.3 is 0 Å². The fraction of sp³-hybridized carbons (Fsp3) is 0.182. The van der Waals surface area contributed by atoms with Crippen molar-refractivity contribution in [1.29, 1.82) is 0 Å². The van der Waals surface area contributed by atoms with E-state index < -0.39 is 38.0 Å². The molecule has 1 aliphatic rings. The summed E-state index contributed by atoms with van der Waals surface area (Å²) in [5, 5.41) is 0. The number of pyridine rings is 1. The van der Waals surface area contributed by atoms with Crippen molar-refractivity contribution in [3.05, 3.63) is 88.2 Å². The minimum atomic E-state index is -4.18. The van der Waals surface area contributed by atoms with Crippen LogP contribution in [0.25, 0.3) is 11.3 Å². The van der Waals surface area contributed by atoms with E-state index in [0.717, 1.165) is 22.0 Å². The molecular weight excluding hydrogens is 440 g/mol. The molecular formula is C22H19F2N3O4S. The van der Waals surface area contributed by atoms with Gasteiger partial charge < -0.3 is 9.88 Å². The van der Waals surface area contributed by atoms with Crippen LogP contribution in [0.3, 0.4) is 0 Å². The first-order valence-corrected chi connectivity index (χ1v) is 11.2. The summed E-state index contributed by atoms with van der Waals surface area (Å²) in [4.78, 5) is 28.8. The Morgan fingerprint density at radius 2 is 1.59 bits per heavy atom. The molecule has 0 atom stereocenters. The van der Waals surface area contributed by atoms with Crippen LogP contribution in [-0.2, 0) is 10.0 Å². The molecule has 0 aliphatic carbocycles. The third kappa shape index (κ3) is 4.19. The number of carbonyl (C=O) groups excluding carboxylic acids is 1. The number of halogens is 2. The Kier molecular flexibility index (Phi) is 5.90. The molecule has 1 amide bonds. The van der Waals surface area contributed by atoms with Crippen molar-refractivity contribution in [2.24, 2.45) is 0 Å². The number of piperazine rings is 1. The Hall–Kier alpha value is -3.37. The van der Waals surface area contributed by atoms with Crippen molar-refractivity contribution >= 4 is 15.9 Å². The van der Waals surface area contributed by atoms with E-state index in [0.29, 0.717) is 11.8 Å².